The number of hydrogen-bond acceptors (Lipinski definition) is 6. The van der Waals surface area contributed by atoms with Crippen LogP contribution in [0.2, 0.25) is 0 Å². The van der Waals surface area contributed by atoms with Crippen LogP contribution in [0.4, 0.5) is 19.1 Å². The summed E-state index contributed by atoms with van der Waals surface area (Å²) in [5.41, 5.74) is -0.0348. The summed E-state index contributed by atoms with van der Waals surface area (Å²) in [4.78, 5) is 20.1. The van der Waals surface area contributed by atoms with Crippen LogP contribution in [-0.4, -0.2) is 73.1 Å². The van der Waals surface area contributed by atoms with Gasteiger partial charge in [0.1, 0.15) is 29.4 Å². The van der Waals surface area contributed by atoms with E-state index in [9.17, 15) is 18.3 Å². The number of aliphatic hydroxyl groups is 1. The number of rotatable bonds is 6. The molecular weight excluding hydrogens is 511 g/mol. The summed E-state index contributed by atoms with van der Waals surface area (Å²) < 4.78 is 43.7. The fourth-order valence-corrected chi connectivity index (χ4v) is 4.65. The first-order chi connectivity index (χ1) is 18.7. The van der Waals surface area contributed by atoms with Crippen LogP contribution in [0.1, 0.15) is 23.7 Å². The van der Waals surface area contributed by atoms with E-state index >= 15 is 0 Å². The smallest absolute Gasteiger partial charge is 0.225 e. The molecule has 202 valence electrons. The summed E-state index contributed by atoms with van der Waals surface area (Å²) >= 11 is 0. The maximum atomic E-state index is 14.3. The van der Waals surface area contributed by atoms with Gasteiger partial charge < -0.3 is 19.9 Å². The SMILES string of the molecule is Cn1cc(-c2c[nH]c(/C(=N\C=N)N3CCN(c4ncc([C@](C)(O)c5c(F)cc(F)cc5F)cn4)CC3)c2)cn1. The standard InChI is InChI=1S/C26H26F3N9O/c1-26(39,23-20(28)8-19(27)9-21(23)29)18-12-32-25(33-13-18)38-5-3-37(4-6-38)24(34-15-30)22-7-16(10-31-22)17-11-35-36(2)14-17/h7-15,30-31,39H,3-6H2,1-2H3/b30-15?,34-24+/t26-/m0/s1. The average molecular weight is 538 g/mol. The minimum absolute atomic E-state index is 0.0610. The highest BCUT2D eigenvalue weighted by atomic mass is 19.1. The molecule has 4 heterocycles. The van der Waals surface area contributed by atoms with Crippen LogP contribution < -0.4 is 4.90 Å². The van der Waals surface area contributed by atoms with Crippen LogP contribution in [0.15, 0.2) is 54.2 Å². The summed E-state index contributed by atoms with van der Waals surface area (Å²) in [6.45, 7) is 3.44. The first-order valence-electron chi connectivity index (χ1n) is 12.1. The Kier molecular flexibility index (Phi) is 6.91. The number of aryl methyl sites for hydroxylation is 1. The Labute approximate surface area is 222 Å². The molecule has 0 amide bonds. The monoisotopic (exact) mass is 537 g/mol. The van der Waals surface area contributed by atoms with Gasteiger partial charge in [0, 0.05) is 86.8 Å². The van der Waals surface area contributed by atoms with E-state index in [0.29, 0.717) is 50.1 Å². The van der Waals surface area contributed by atoms with Gasteiger partial charge in [0.05, 0.1) is 17.5 Å². The highest BCUT2D eigenvalue weighted by Gasteiger charge is 2.34. The van der Waals surface area contributed by atoms with E-state index < -0.39 is 28.6 Å². The lowest BCUT2D eigenvalue weighted by Gasteiger charge is -2.36. The summed E-state index contributed by atoms with van der Waals surface area (Å²) in [6, 6.07) is 3.00. The van der Waals surface area contributed by atoms with Crippen LogP contribution in [0, 0.1) is 22.9 Å². The van der Waals surface area contributed by atoms with Crippen molar-refractivity contribution < 1.29 is 18.3 Å². The lowest BCUT2D eigenvalue weighted by Crippen LogP contribution is -2.49. The maximum Gasteiger partial charge on any atom is 0.225 e. The number of nitrogens with one attached hydrogen (secondary N) is 2. The van der Waals surface area contributed by atoms with Crippen molar-refractivity contribution in [1.29, 1.82) is 5.41 Å². The van der Waals surface area contributed by atoms with E-state index in [1.165, 1.54) is 19.3 Å². The van der Waals surface area contributed by atoms with E-state index in [0.717, 1.165) is 23.2 Å². The summed E-state index contributed by atoms with van der Waals surface area (Å²) in [5, 5.41) is 22.6. The Morgan fingerprint density at radius 3 is 2.31 bits per heavy atom. The molecule has 1 aliphatic rings. The molecule has 0 aliphatic carbocycles. The normalized spacial score (nSPS) is 15.9. The number of aromatic amines is 1. The van der Waals surface area contributed by atoms with Crippen LogP contribution >= 0.6 is 0 Å². The number of aromatic nitrogens is 5. The summed E-state index contributed by atoms with van der Waals surface area (Å²) in [6.07, 6.45) is 9.17. The fraction of sp³-hybridized carbons (Fsp3) is 0.269. The minimum atomic E-state index is -2.11. The van der Waals surface area contributed by atoms with Gasteiger partial charge in [0.15, 0.2) is 5.84 Å². The molecule has 3 aromatic heterocycles. The molecule has 39 heavy (non-hydrogen) atoms. The largest absolute Gasteiger partial charge is 0.380 e. The maximum absolute atomic E-state index is 14.3. The van der Waals surface area contributed by atoms with Crippen LogP contribution in [0.5, 0.6) is 0 Å². The molecule has 5 rings (SSSR count). The highest BCUT2D eigenvalue weighted by molar-refractivity contribution is 6.01. The van der Waals surface area contributed by atoms with Crippen LogP contribution in [0.25, 0.3) is 11.1 Å². The first kappa shape index (κ1) is 26.1. The van der Waals surface area contributed by atoms with E-state index in [1.54, 1.807) is 10.9 Å². The number of hydrogen-bond donors (Lipinski definition) is 3. The number of aliphatic imine (C=N–C) groups is 1. The third-order valence-electron chi connectivity index (χ3n) is 6.71. The number of H-pyrrole nitrogens is 1. The number of anilines is 1. The van der Waals surface area contributed by atoms with E-state index in [2.05, 4.69) is 29.9 Å². The molecule has 3 N–H and O–H groups in total. The van der Waals surface area contributed by atoms with E-state index in [-0.39, 0.29) is 5.56 Å². The van der Waals surface area contributed by atoms with Crippen molar-refractivity contribution in [2.24, 2.45) is 12.0 Å². The zero-order valence-corrected chi connectivity index (χ0v) is 21.2. The Morgan fingerprint density at radius 2 is 1.72 bits per heavy atom. The molecule has 0 unspecified atom stereocenters. The Bertz CT molecular complexity index is 1500. The molecule has 1 aromatic carbocycles. The summed E-state index contributed by atoms with van der Waals surface area (Å²) in [7, 11) is 1.85. The molecule has 1 saturated heterocycles. The van der Waals surface area contributed by atoms with Gasteiger partial charge in [-0.25, -0.2) is 28.1 Å². The Morgan fingerprint density at radius 1 is 1.05 bits per heavy atom. The lowest BCUT2D eigenvalue weighted by molar-refractivity contribution is 0.0924. The lowest BCUT2D eigenvalue weighted by atomic mass is 9.89. The molecular formula is C26H26F3N9O. The van der Waals surface area contributed by atoms with Gasteiger partial charge in [-0.1, -0.05) is 0 Å². The van der Waals surface area contributed by atoms with Crippen molar-refractivity contribution in [1.82, 2.24) is 29.6 Å². The van der Waals surface area contributed by atoms with Gasteiger partial charge in [-0.3, -0.25) is 10.1 Å². The molecule has 13 heteroatoms. The number of benzene rings is 1. The second-order valence-corrected chi connectivity index (χ2v) is 9.35. The molecule has 10 nitrogen and oxygen atoms in total. The van der Waals surface area contributed by atoms with Gasteiger partial charge in [-0.05, 0) is 13.0 Å². The van der Waals surface area contributed by atoms with Gasteiger partial charge in [-0.15, -0.1) is 0 Å². The van der Waals surface area contributed by atoms with Crippen molar-refractivity contribution in [2.75, 3.05) is 31.1 Å². The van der Waals surface area contributed by atoms with Crippen molar-refractivity contribution in [3.63, 3.8) is 0 Å². The first-order valence-corrected chi connectivity index (χ1v) is 12.1. The Hall–Kier alpha value is -4.52. The number of piperazine rings is 1. The third kappa shape index (κ3) is 5.12. The molecule has 0 radical (unpaired) electrons. The molecule has 0 saturated carbocycles. The number of amidine groups is 1. The summed E-state index contributed by atoms with van der Waals surface area (Å²) in [5.74, 6) is -2.45. The zero-order valence-electron chi connectivity index (χ0n) is 21.2. The molecule has 1 atom stereocenters. The van der Waals surface area contributed by atoms with Gasteiger partial charge in [0.2, 0.25) is 5.95 Å². The van der Waals surface area contributed by atoms with Crippen molar-refractivity contribution in [2.45, 2.75) is 12.5 Å². The average Bonchev–Trinajstić information content (AvgIpc) is 3.56. The highest BCUT2D eigenvalue weighted by Crippen LogP contribution is 2.33. The van der Waals surface area contributed by atoms with E-state index in [1.807, 2.05) is 30.4 Å². The minimum Gasteiger partial charge on any atom is -0.380 e. The van der Waals surface area contributed by atoms with Crippen molar-refractivity contribution >= 4 is 18.1 Å². The zero-order chi connectivity index (χ0) is 27.7. The molecule has 0 bridgehead atoms. The topological polar surface area (TPSA) is 122 Å². The molecule has 1 aliphatic heterocycles. The van der Waals surface area contributed by atoms with Gasteiger partial charge >= 0.3 is 0 Å². The second-order valence-electron chi connectivity index (χ2n) is 9.35. The molecule has 1 fully saturated rings. The van der Waals surface area contributed by atoms with Gasteiger partial charge in [-0.2, -0.15) is 5.10 Å². The van der Waals surface area contributed by atoms with Crippen molar-refractivity contribution in [3.05, 3.63) is 83.5 Å². The van der Waals surface area contributed by atoms with Crippen LogP contribution in [-0.2, 0) is 12.6 Å². The second kappa shape index (κ2) is 10.3. The van der Waals surface area contributed by atoms with Gasteiger partial charge in [0.25, 0.3) is 0 Å². The predicted molar refractivity (Wildman–Crippen MR) is 139 cm³/mol. The quantitative estimate of drug-likeness (QED) is 0.257. The fourth-order valence-electron chi connectivity index (χ4n) is 4.65. The predicted octanol–water partition coefficient (Wildman–Crippen LogP) is 3.05. The molecule has 0 spiro atoms. The van der Waals surface area contributed by atoms with Crippen LogP contribution in [0.3, 0.4) is 0 Å². The number of halogens is 3. The Balaban J connectivity index is 1.28. The van der Waals surface area contributed by atoms with Crippen molar-refractivity contribution in [3.8, 4) is 11.1 Å². The molecule has 4 aromatic rings. The van der Waals surface area contributed by atoms with E-state index in [4.69, 9.17) is 5.41 Å². The third-order valence-corrected chi connectivity index (χ3v) is 6.71. The number of nitrogens with zero attached hydrogens (tertiary/aromatic N) is 7.